The molecule has 0 saturated carbocycles. The number of hydrogen-bond acceptors (Lipinski definition) is 1. The first-order valence-electron chi connectivity index (χ1n) is 6.36. The first-order chi connectivity index (χ1) is 8.67. The number of hydrogen-bond donors (Lipinski definition) is 1. The van der Waals surface area contributed by atoms with Gasteiger partial charge >= 0.3 is 0 Å². The normalized spacial score (nSPS) is 13.1. The molecule has 0 fully saturated rings. The molecule has 1 rings (SSSR count). The van der Waals surface area contributed by atoms with E-state index in [1.165, 1.54) is 11.6 Å². The van der Waals surface area contributed by atoms with E-state index in [1.54, 1.807) is 6.08 Å². The standard InChI is InChI=1S/C16H21NO/c1-4-6-7-8-16(18)17-13(3)15-11-9-14(5-2)10-12-15/h4,6-13H,5H2,1-3H3,(H,17,18)/b6-4+,8-7+. The average Bonchev–Trinajstić information content (AvgIpc) is 2.39. The van der Waals surface area contributed by atoms with Crippen LogP contribution in [0, 0.1) is 0 Å². The maximum Gasteiger partial charge on any atom is 0.244 e. The predicted molar refractivity (Wildman–Crippen MR) is 76.3 cm³/mol. The largest absolute Gasteiger partial charge is 0.346 e. The minimum Gasteiger partial charge on any atom is -0.346 e. The van der Waals surface area contributed by atoms with Gasteiger partial charge in [-0.25, -0.2) is 0 Å². The molecule has 0 aliphatic rings. The van der Waals surface area contributed by atoms with Crippen molar-refractivity contribution in [1.82, 2.24) is 5.32 Å². The summed E-state index contributed by atoms with van der Waals surface area (Å²) in [5, 5.41) is 2.93. The monoisotopic (exact) mass is 243 g/mol. The lowest BCUT2D eigenvalue weighted by Crippen LogP contribution is -2.24. The molecule has 1 atom stereocenters. The van der Waals surface area contributed by atoms with Crippen LogP contribution in [-0.2, 0) is 11.2 Å². The van der Waals surface area contributed by atoms with Gasteiger partial charge < -0.3 is 5.32 Å². The van der Waals surface area contributed by atoms with E-state index in [0.717, 1.165) is 12.0 Å². The van der Waals surface area contributed by atoms with Crippen molar-refractivity contribution in [3.05, 3.63) is 59.7 Å². The average molecular weight is 243 g/mol. The van der Waals surface area contributed by atoms with Gasteiger partial charge in [-0.2, -0.15) is 0 Å². The van der Waals surface area contributed by atoms with Gasteiger partial charge in [0.05, 0.1) is 6.04 Å². The molecule has 0 heterocycles. The van der Waals surface area contributed by atoms with Crippen LogP contribution in [0.25, 0.3) is 0 Å². The molecule has 1 unspecified atom stereocenters. The maximum atomic E-state index is 11.6. The van der Waals surface area contributed by atoms with Gasteiger partial charge in [-0.1, -0.05) is 49.4 Å². The Bertz CT molecular complexity index is 429. The van der Waals surface area contributed by atoms with E-state index in [0.29, 0.717) is 0 Å². The Morgan fingerprint density at radius 2 is 1.94 bits per heavy atom. The van der Waals surface area contributed by atoms with E-state index in [-0.39, 0.29) is 11.9 Å². The second kappa shape index (κ2) is 7.49. The summed E-state index contributed by atoms with van der Waals surface area (Å²) in [5.74, 6) is -0.0693. The Kier molecular flexibility index (Phi) is 5.92. The number of aryl methyl sites for hydroxylation is 1. The lowest BCUT2D eigenvalue weighted by molar-refractivity contribution is -0.117. The fraction of sp³-hybridized carbons (Fsp3) is 0.312. The smallest absolute Gasteiger partial charge is 0.244 e. The van der Waals surface area contributed by atoms with Gasteiger partial charge in [-0.05, 0) is 31.4 Å². The Morgan fingerprint density at radius 3 is 2.50 bits per heavy atom. The predicted octanol–water partition coefficient (Wildman–Crippen LogP) is 3.56. The maximum absolute atomic E-state index is 11.6. The summed E-state index contributed by atoms with van der Waals surface area (Å²) in [6.07, 6.45) is 8.03. The Hall–Kier alpha value is -1.83. The Labute approximate surface area is 109 Å². The molecular formula is C16H21NO. The van der Waals surface area contributed by atoms with E-state index in [2.05, 4.69) is 36.5 Å². The molecule has 0 aromatic heterocycles. The van der Waals surface area contributed by atoms with E-state index in [1.807, 2.05) is 26.0 Å². The summed E-state index contributed by atoms with van der Waals surface area (Å²) in [5.41, 5.74) is 2.44. The third-order valence-electron chi connectivity index (χ3n) is 2.80. The third kappa shape index (κ3) is 4.58. The fourth-order valence-corrected chi connectivity index (χ4v) is 1.64. The summed E-state index contributed by atoms with van der Waals surface area (Å²) in [4.78, 5) is 11.6. The van der Waals surface area contributed by atoms with Gasteiger partial charge in [0.2, 0.25) is 5.91 Å². The van der Waals surface area contributed by atoms with Crippen LogP contribution < -0.4 is 5.32 Å². The molecule has 0 aliphatic carbocycles. The van der Waals surface area contributed by atoms with Gasteiger partial charge in [-0.15, -0.1) is 0 Å². The summed E-state index contributed by atoms with van der Waals surface area (Å²) in [6.45, 7) is 6.04. The molecule has 2 nitrogen and oxygen atoms in total. The van der Waals surface area contributed by atoms with Crippen LogP contribution in [0.2, 0.25) is 0 Å². The zero-order valence-electron chi connectivity index (χ0n) is 11.3. The lowest BCUT2D eigenvalue weighted by atomic mass is 10.1. The number of allylic oxidation sites excluding steroid dienone is 3. The van der Waals surface area contributed by atoms with Crippen molar-refractivity contribution in [3.8, 4) is 0 Å². The van der Waals surface area contributed by atoms with Crippen LogP contribution in [0.4, 0.5) is 0 Å². The topological polar surface area (TPSA) is 29.1 Å². The van der Waals surface area contributed by atoms with Crippen LogP contribution >= 0.6 is 0 Å². The lowest BCUT2D eigenvalue weighted by Gasteiger charge is -2.13. The number of nitrogens with one attached hydrogen (secondary N) is 1. The summed E-state index contributed by atoms with van der Waals surface area (Å²) in [6, 6.07) is 8.37. The van der Waals surface area contributed by atoms with E-state index >= 15 is 0 Å². The summed E-state index contributed by atoms with van der Waals surface area (Å²) in [7, 11) is 0. The number of rotatable bonds is 5. The third-order valence-corrected chi connectivity index (χ3v) is 2.80. The van der Waals surface area contributed by atoms with Crippen LogP contribution in [0.5, 0.6) is 0 Å². The number of amides is 1. The van der Waals surface area contributed by atoms with Crippen LogP contribution in [-0.4, -0.2) is 5.91 Å². The van der Waals surface area contributed by atoms with Crippen LogP contribution in [0.1, 0.15) is 37.9 Å². The number of carbonyl (C=O) groups is 1. The molecule has 0 saturated heterocycles. The van der Waals surface area contributed by atoms with Gasteiger partial charge in [0, 0.05) is 6.08 Å². The van der Waals surface area contributed by atoms with Crippen molar-refractivity contribution < 1.29 is 4.79 Å². The first kappa shape index (κ1) is 14.2. The van der Waals surface area contributed by atoms with Crippen molar-refractivity contribution in [2.24, 2.45) is 0 Å². The van der Waals surface area contributed by atoms with E-state index in [4.69, 9.17) is 0 Å². The SMILES string of the molecule is C/C=C/C=C/C(=O)NC(C)c1ccc(CC)cc1. The highest BCUT2D eigenvalue weighted by molar-refractivity contribution is 5.88. The van der Waals surface area contributed by atoms with Gasteiger partial charge in [-0.3, -0.25) is 4.79 Å². The van der Waals surface area contributed by atoms with Gasteiger partial charge in [0.15, 0.2) is 0 Å². The zero-order valence-corrected chi connectivity index (χ0v) is 11.3. The van der Waals surface area contributed by atoms with Gasteiger partial charge in [0.25, 0.3) is 0 Å². The van der Waals surface area contributed by atoms with Crippen molar-refractivity contribution in [2.45, 2.75) is 33.2 Å². The molecule has 0 bridgehead atoms. The second-order valence-electron chi connectivity index (χ2n) is 4.21. The Morgan fingerprint density at radius 1 is 1.28 bits per heavy atom. The highest BCUT2D eigenvalue weighted by Crippen LogP contribution is 2.13. The molecular weight excluding hydrogens is 222 g/mol. The molecule has 0 aliphatic heterocycles. The number of benzene rings is 1. The second-order valence-corrected chi connectivity index (χ2v) is 4.21. The highest BCUT2D eigenvalue weighted by atomic mass is 16.1. The molecule has 1 amide bonds. The van der Waals surface area contributed by atoms with Crippen molar-refractivity contribution in [2.75, 3.05) is 0 Å². The molecule has 0 radical (unpaired) electrons. The van der Waals surface area contributed by atoms with Gasteiger partial charge in [0.1, 0.15) is 0 Å². The zero-order chi connectivity index (χ0) is 13.4. The minimum atomic E-state index is -0.0693. The van der Waals surface area contributed by atoms with Crippen molar-refractivity contribution >= 4 is 5.91 Å². The van der Waals surface area contributed by atoms with E-state index in [9.17, 15) is 4.79 Å². The van der Waals surface area contributed by atoms with E-state index < -0.39 is 0 Å². The van der Waals surface area contributed by atoms with Crippen molar-refractivity contribution in [3.63, 3.8) is 0 Å². The Balaban J connectivity index is 2.58. The highest BCUT2D eigenvalue weighted by Gasteiger charge is 2.06. The molecule has 1 aromatic rings. The number of carbonyl (C=O) groups excluding carboxylic acids is 1. The molecule has 18 heavy (non-hydrogen) atoms. The summed E-state index contributed by atoms with van der Waals surface area (Å²) >= 11 is 0. The molecule has 1 N–H and O–H groups in total. The fourth-order valence-electron chi connectivity index (χ4n) is 1.64. The molecule has 1 aromatic carbocycles. The first-order valence-corrected chi connectivity index (χ1v) is 6.36. The quantitative estimate of drug-likeness (QED) is 0.622. The van der Waals surface area contributed by atoms with Crippen LogP contribution in [0.3, 0.4) is 0 Å². The van der Waals surface area contributed by atoms with Crippen LogP contribution in [0.15, 0.2) is 48.6 Å². The minimum absolute atomic E-state index is 0.0265. The van der Waals surface area contributed by atoms with Crippen molar-refractivity contribution in [1.29, 1.82) is 0 Å². The molecule has 0 spiro atoms. The molecule has 96 valence electrons. The molecule has 2 heteroatoms. The summed E-state index contributed by atoms with van der Waals surface area (Å²) < 4.78 is 0.